The SMILES string of the molecule is C#CCCc1c(C)c(Cl)cc(C)c1OCCC. The maximum absolute atomic E-state index is 6.20. The quantitative estimate of drug-likeness (QED) is 0.708. The summed E-state index contributed by atoms with van der Waals surface area (Å²) in [6.07, 6.45) is 7.86. The zero-order valence-electron chi connectivity index (χ0n) is 10.8. The number of aryl methyl sites for hydroxylation is 1. The van der Waals surface area contributed by atoms with E-state index < -0.39 is 0 Å². The van der Waals surface area contributed by atoms with Crippen LogP contribution in [0.5, 0.6) is 5.75 Å². The van der Waals surface area contributed by atoms with Gasteiger partial charge in [0.15, 0.2) is 0 Å². The summed E-state index contributed by atoms with van der Waals surface area (Å²) in [6, 6.07) is 1.96. The minimum Gasteiger partial charge on any atom is -0.493 e. The molecule has 0 aromatic heterocycles. The van der Waals surface area contributed by atoms with Crippen LogP contribution in [0.2, 0.25) is 5.02 Å². The molecule has 0 aliphatic rings. The zero-order chi connectivity index (χ0) is 12.8. The molecule has 92 valence electrons. The van der Waals surface area contributed by atoms with Crippen LogP contribution in [0.15, 0.2) is 6.07 Å². The Balaban J connectivity index is 3.14. The molecule has 0 fully saturated rings. The van der Waals surface area contributed by atoms with Crippen molar-refractivity contribution < 1.29 is 4.74 Å². The fourth-order valence-corrected chi connectivity index (χ4v) is 2.10. The molecule has 0 saturated carbocycles. The van der Waals surface area contributed by atoms with Crippen LogP contribution in [0.1, 0.15) is 36.5 Å². The van der Waals surface area contributed by atoms with Crippen LogP contribution >= 0.6 is 11.6 Å². The molecule has 0 atom stereocenters. The highest BCUT2D eigenvalue weighted by Gasteiger charge is 2.13. The Morgan fingerprint density at radius 1 is 1.41 bits per heavy atom. The Hall–Kier alpha value is -1.13. The molecule has 1 rings (SSSR count). The zero-order valence-corrected chi connectivity index (χ0v) is 11.5. The van der Waals surface area contributed by atoms with Crippen LogP contribution in [-0.2, 0) is 6.42 Å². The second kappa shape index (κ2) is 6.57. The van der Waals surface area contributed by atoms with E-state index >= 15 is 0 Å². The van der Waals surface area contributed by atoms with E-state index in [9.17, 15) is 0 Å². The minimum absolute atomic E-state index is 0.711. The van der Waals surface area contributed by atoms with Gasteiger partial charge in [0, 0.05) is 11.4 Å². The Morgan fingerprint density at radius 2 is 2.12 bits per heavy atom. The smallest absolute Gasteiger partial charge is 0.125 e. The van der Waals surface area contributed by atoms with Crippen LogP contribution in [-0.4, -0.2) is 6.61 Å². The van der Waals surface area contributed by atoms with Crippen LogP contribution in [0.4, 0.5) is 0 Å². The summed E-state index contributed by atoms with van der Waals surface area (Å²) >= 11 is 6.20. The van der Waals surface area contributed by atoms with Gasteiger partial charge < -0.3 is 4.74 Å². The van der Waals surface area contributed by atoms with Gasteiger partial charge in [0.1, 0.15) is 5.75 Å². The first-order valence-corrected chi connectivity index (χ1v) is 6.34. The molecule has 0 amide bonds. The van der Waals surface area contributed by atoms with Crippen molar-refractivity contribution in [1.82, 2.24) is 0 Å². The van der Waals surface area contributed by atoms with Gasteiger partial charge in [-0.1, -0.05) is 18.5 Å². The van der Waals surface area contributed by atoms with Gasteiger partial charge in [-0.2, -0.15) is 0 Å². The van der Waals surface area contributed by atoms with Gasteiger partial charge in [-0.15, -0.1) is 12.3 Å². The van der Waals surface area contributed by atoms with E-state index in [2.05, 4.69) is 12.8 Å². The van der Waals surface area contributed by atoms with Crippen LogP contribution in [0, 0.1) is 26.2 Å². The van der Waals surface area contributed by atoms with Crippen molar-refractivity contribution >= 4 is 11.6 Å². The first kappa shape index (κ1) is 13.9. The lowest BCUT2D eigenvalue weighted by molar-refractivity contribution is 0.312. The molecule has 0 unspecified atom stereocenters. The fourth-order valence-electron chi connectivity index (χ4n) is 1.82. The van der Waals surface area contributed by atoms with Crippen molar-refractivity contribution in [1.29, 1.82) is 0 Å². The number of ether oxygens (including phenoxy) is 1. The fraction of sp³-hybridized carbons (Fsp3) is 0.467. The standard InChI is InChI=1S/C15H19ClO/c1-5-7-8-13-12(4)14(16)10-11(3)15(13)17-9-6-2/h1,10H,6-9H2,2-4H3. The molecule has 1 aromatic carbocycles. The van der Waals surface area contributed by atoms with Crippen molar-refractivity contribution in [3.8, 4) is 18.1 Å². The number of terminal acetylenes is 1. The number of benzene rings is 1. The second-order valence-corrected chi connectivity index (χ2v) is 4.57. The Morgan fingerprint density at radius 3 is 2.71 bits per heavy atom. The van der Waals surface area contributed by atoms with Crippen LogP contribution < -0.4 is 4.74 Å². The monoisotopic (exact) mass is 250 g/mol. The Kier molecular flexibility index (Phi) is 5.38. The molecule has 0 bridgehead atoms. The highest BCUT2D eigenvalue weighted by atomic mass is 35.5. The minimum atomic E-state index is 0.711. The van der Waals surface area contributed by atoms with E-state index in [1.54, 1.807) is 0 Å². The highest BCUT2D eigenvalue weighted by Crippen LogP contribution is 2.33. The molecular formula is C15H19ClO. The van der Waals surface area contributed by atoms with E-state index in [1.165, 1.54) is 0 Å². The van der Waals surface area contributed by atoms with E-state index in [-0.39, 0.29) is 0 Å². The number of halogens is 1. The summed E-state index contributed by atoms with van der Waals surface area (Å²) in [4.78, 5) is 0. The average molecular weight is 251 g/mol. The van der Waals surface area contributed by atoms with E-state index in [0.29, 0.717) is 6.42 Å². The summed E-state index contributed by atoms with van der Waals surface area (Å²) in [5, 5.41) is 0.790. The summed E-state index contributed by atoms with van der Waals surface area (Å²) < 4.78 is 5.82. The lowest BCUT2D eigenvalue weighted by Gasteiger charge is -2.17. The molecule has 17 heavy (non-hydrogen) atoms. The first-order valence-electron chi connectivity index (χ1n) is 5.96. The molecule has 1 aromatic rings. The van der Waals surface area contributed by atoms with Gasteiger partial charge in [-0.3, -0.25) is 0 Å². The second-order valence-electron chi connectivity index (χ2n) is 4.16. The van der Waals surface area contributed by atoms with Gasteiger partial charge in [0.2, 0.25) is 0 Å². The molecule has 0 radical (unpaired) electrons. The lowest BCUT2D eigenvalue weighted by Crippen LogP contribution is -2.03. The van der Waals surface area contributed by atoms with Crippen LogP contribution in [0.3, 0.4) is 0 Å². The average Bonchev–Trinajstić information content (AvgIpc) is 2.30. The third kappa shape index (κ3) is 3.41. The van der Waals surface area contributed by atoms with Crippen molar-refractivity contribution in [2.24, 2.45) is 0 Å². The third-order valence-corrected chi connectivity index (χ3v) is 3.15. The lowest BCUT2D eigenvalue weighted by atomic mass is 9.99. The van der Waals surface area contributed by atoms with Gasteiger partial charge in [0.05, 0.1) is 6.61 Å². The first-order chi connectivity index (χ1) is 8.11. The molecule has 0 saturated heterocycles. The largest absolute Gasteiger partial charge is 0.493 e. The molecule has 0 N–H and O–H groups in total. The summed E-state index contributed by atoms with van der Waals surface area (Å²) in [5.41, 5.74) is 3.32. The molecule has 0 aliphatic heterocycles. The number of hydrogen-bond donors (Lipinski definition) is 0. The normalized spacial score (nSPS) is 10.1. The molecular weight excluding hydrogens is 232 g/mol. The maximum atomic E-state index is 6.20. The Bertz CT molecular complexity index is 430. The maximum Gasteiger partial charge on any atom is 0.125 e. The third-order valence-electron chi connectivity index (χ3n) is 2.76. The highest BCUT2D eigenvalue weighted by molar-refractivity contribution is 6.31. The van der Waals surface area contributed by atoms with Crippen LogP contribution in [0.25, 0.3) is 0 Å². The van der Waals surface area contributed by atoms with Crippen molar-refractivity contribution in [2.75, 3.05) is 6.61 Å². The van der Waals surface area contributed by atoms with Crippen molar-refractivity contribution in [2.45, 2.75) is 40.0 Å². The molecule has 0 heterocycles. The summed E-state index contributed by atoms with van der Waals surface area (Å²) in [5.74, 6) is 3.63. The molecule has 1 nitrogen and oxygen atoms in total. The van der Waals surface area contributed by atoms with Crippen molar-refractivity contribution in [3.05, 3.63) is 27.8 Å². The topological polar surface area (TPSA) is 9.23 Å². The summed E-state index contributed by atoms with van der Waals surface area (Å²) in [7, 11) is 0. The Labute approximate surface area is 109 Å². The number of hydrogen-bond acceptors (Lipinski definition) is 1. The molecule has 0 aliphatic carbocycles. The molecule has 0 spiro atoms. The van der Waals surface area contributed by atoms with E-state index in [4.69, 9.17) is 22.8 Å². The summed E-state index contributed by atoms with van der Waals surface area (Å²) in [6.45, 7) is 6.87. The van der Waals surface area contributed by atoms with Crippen molar-refractivity contribution in [3.63, 3.8) is 0 Å². The predicted octanol–water partition coefficient (Wildman–Crippen LogP) is 4.31. The molecule has 2 heteroatoms. The van der Waals surface area contributed by atoms with E-state index in [0.717, 1.165) is 46.9 Å². The predicted molar refractivity (Wildman–Crippen MR) is 73.9 cm³/mol. The van der Waals surface area contributed by atoms with E-state index in [1.807, 2.05) is 19.9 Å². The van der Waals surface area contributed by atoms with Gasteiger partial charge in [0.25, 0.3) is 0 Å². The van der Waals surface area contributed by atoms with Gasteiger partial charge >= 0.3 is 0 Å². The van der Waals surface area contributed by atoms with Gasteiger partial charge in [-0.25, -0.2) is 0 Å². The van der Waals surface area contributed by atoms with Gasteiger partial charge in [-0.05, 0) is 49.4 Å². The number of rotatable bonds is 5.